The van der Waals surface area contributed by atoms with Crippen LogP contribution in [0.2, 0.25) is 0 Å². The highest BCUT2D eigenvalue weighted by Gasteiger charge is 2.14. The van der Waals surface area contributed by atoms with Gasteiger partial charge in [-0.25, -0.2) is 4.39 Å². The number of anilines is 1. The van der Waals surface area contributed by atoms with Gasteiger partial charge >= 0.3 is 0 Å². The number of hydrogen-bond acceptors (Lipinski definition) is 3. The second-order valence-electron chi connectivity index (χ2n) is 6.13. The molecule has 0 saturated carbocycles. The summed E-state index contributed by atoms with van der Waals surface area (Å²) in [5.41, 5.74) is 1.83. The number of halogens is 1. The van der Waals surface area contributed by atoms with Crippen LogP contribution in [0.1, 0.15) is 16.9 Å². The van der Waals surface area contributed by atoms with Gasteiger partial charge in [0.2, 0.25) is 0 Å². The molecule has 0 saturated heterocycles. The maximum Gasteiger partial charge on any atom is 0.269 e. The van der Waals surface area contributed by atoms with Crippen molar-refractivity contribution in [1.29, 1.82) is 0 Å². The molecule has 0 aliphatic rings. The Morgan fingerprint density at radius 1 is 1.19 bits per heavy atom. The van der Waals surface area contributed by atoms with Crippen LogP contribution in [0.4, 0.5) is 10.1 Å². The molecule has 0 radical (unpaired) electrons. The molecule has 1 heterocycles. The summed E-state index contributed by atoms with van der Waals surface area (Å²) in [6.07, 6.45) is 2.29. The molecule has 0 aliphatic heterocycles. The lowest BCUT2D eigenvalue weighted by Gasteiger charge is -2.19. The molecule has 3 rings (SSSR count). The number of carbonyl (C=O) groups excluding carboxylic acids is 1. The zero-order chi connectivity index (χ0) is 19.2. The lowest BCUT2D eigenvalue weighted by molar-refractivity contribution is 0.0946. The molecule has 0 atom stereocenters. The highest BCUT2D eigenvalue weighted by atomic mass is 32.1. The van der Waals surface area contributed by atoms with Crippen molar-refractivity contribution in [1.82, 2.24) is 14.9 Å². The molecule has 0 fully saturated rings. The smallest absolute Gasteiger partial charge is 0.269 e. The molecule has 2 aromatic carbocycles. The van der Waals surface area contributed by atoms with E-state index in [0.29, 0.717) is 35.7 Å². The quantitative estimate of drug-likeness (QED) is 0.479. The molecule has 140 valence electrons. The predicted molar refractivity (Wildman–Crippen MR) is 108 cm³/mol. The van der Waals surface area contributed by atoms with E-state index >= 15 is 0 Å². The van der Waals surface area contributed by atoms with Crippen LogP contribution in [0.3, 0.4) is 0 Å². The van der Waals surface area contributed by atoms with E-state index in [1.54, 1.807) is 29.0 Å². The molecule has 0 aliphatic carbocycles. The van der Waals surface area contributed by atoms with E-state index in [2.05, 4.69) is 10.3 Å². The fourth-order valence-corrected chi connectivity index (χ4v) is 3.12. The van der Waals surface area contributed by atoms with Crippen molar-refractivity contribution in [2.24, 2.45) is 0 Å². The minimum absolute atomic E-state index is 0.209. The first-order valence-electron chi connectivity index (χ1n) is 8.67. The van der Waals surface area contributed by atoms with E-state index < -0.39 is 0 Å². The second-order valence-corrected chi connectivity index (χ2v) is 6.52. The number of carbonyl (C=O) groups is 1. The lowest BCUT2D eigenvalue weighted by atomic mass is 10.2. The minimum Gasteiger partial charge on any atom is -0.372 e. The number of nitrogens with zero attached hydrogens (tertiary/aromatic N) is 2. The first-order valence-corrected chi connectivity index (χ1v) is 9.08. The summed E-state index contributed by atoms with van der Waals surface area (Å²) in [5.74, 6) is -0.460. The Morgan fingerprint density at radius 3 is 2.63 bits per heavy atom. The molecule has 3 aromatic rings. The van der Waals surface area contributed by atoms with Gasteiger partial charge < -0.3 is 15.2 Å². The molecule has 27 heavy (non-hydrogen) atoms. The van der Waals surface area contributed by atoms with Crippen molar-refractivity contribution in [2.75, 3.05) is 25.0 Å². The first kappa shape index (κ1) is 18.8. The third-order valence-corrected chi connectivity index (χ3v) is 4.54. The third-order valence-electron chi connectivity index (χ3n) is 4.24. The van der Waals surface area contributed by atoms with Gasteiger partial charge in [0.05, 0.1) is 5.69 Å². The standard InChI is InChI=1S/C20H21FN4OS/c1-24(17-11-6-5-10-16(17)21)13-7-12-22-19(26)18-14-23-20(27)25(18)15-8-3-2-4-9-15/h2-6,8-11,14H,7,12-13H2,1H3,(H,22,26)(H,23,27). The number of para-hydroxylation sites is 2. The second kappa shape index (κ2) is 8.64. The molecule has 0 unspecified atom stereocenters. The third kappa shape index (κ3) is 4.43. The van der Waals surface area contributed by atoms with Gasteiger partial charge in [-0.15, -0.1) is 0 Å². The Morgan fingerprint density at radius 2 is 1.89 bits per heavy atom. The minimum atomic E-state index is -0.252. The number of H-pyrrole nitrogens is 1. The Bertz CT molecular complexity index is 967. The van der Waals surface area contributed by atoms with E-state index in [-0.39, 0.29) is 11.7 Å². The summed E-state index contributed by atoms with van der Waals surface area (Å²) in [7, 11) is 1.83. The van der Waals surface area contributed by atoms with Crippen LogP contribution in [0, 0.1) is 10.6 Å². The van der Waals surface area contributed by atoms with Gasteiger partial charge in [-0.2, -0.15) is 0 Å². The average Bonchev–Trinajstić information content (AvgIpc) is 3.07. The Balaban J connectivity index is 1.58. The highest BCUT2D eigenvalue weighted by molar-refractivity contribution is 7.71. The number of aromatic amines is 1. The summed E-state index contributed by atoms with van der Waals surface area (Å²) in [4.78, 5) is 17.3. The molecule has 5 nitrogen and oxygen atoms in total. The van der Waals surface area contributed by atoms with Crippen LogP contribution in [0.25, 0.3) is 5.69 Å². The molecule has 0 spiro atoms. The molecule has 7 heteroatoms. The number of rotatable bonds is 7. The number of hydrogen-bond donors (Lipinski definition) is 2. The maximum atomic E-state index is 13.8. The van der Waals surface area contributed by atoms with Crippen LogP contribution in [-0.2, 0) is 0 Å². The van der Waals surface area contributed by atoms with Crippen LogP contribution < -0.4 is 10.2 Å². The zero-order valence-corrected chi connectivity index (χ0v) is 15.8. The largest absolute Gasteiger partial charge is 0.372 e. The number of nitrogens with one attached hydrogen (secondary N) is 2. The van der Waals surface area contributed by atoms with Gasteiger partial charge in [-0.3, -0.25) is 9.36 Å². The molecule has 1 amide bonds. The van der Waals surface area contributed by atoms with Crippen molar-refractivity contribution in [2.45, 2.75) is 6.42 Å². The summed E-state index contributed by atoms with van der Waals surface area (Å²) >= 11 is 5.30. The highest BCUT2D eigenvalue weighted by Crippen LogP contribution is 2.17. The van der Waals surface area contributed by atoms with Gasteiger partial charge in [-0.1, -0.05) is 30.3 Å². The van der Waals surface area contributed by atoms with Crippen LogP contribution in [0.15, 0.2) is 60.8 Å². The fraction of sp³-hybridized carbons (Fsp3) is 0.200. The summed E-state index contributed by atoms with van der Waals surface area (Å²) in [5, 5.41) is 2.90. The SMILES string of the molecule is CN(CCCNC(=O)c1c[nH]c(=S)n1-c1ccccc1)c1ccccc1F. The fourth-order valence-electron chi connectivity index (χ4n) is 2.86. The summed E-state index contributed by atoms with van der Waals surface area (Å²) in [6.45, 7) is 1.10. The first-order chi connectivity index (χ1) is 13.1. The van der Waals surface area contributed by atoms with Crippen molar-refractivity contribution in [3.8, 4) is 5.69 Å². The monoisotopic (exact) mass is 384 g/mol. The number of benzene rings is 2. The van der Waals surface area contributed by atoms with Crippen molar-refractivity contribution >= 4 is 23.8 Å². The van der Waals surface area contributed by atoms with Gasteiger partial charge in [0.25, 0.3) is 5.91 Å². The number of imidazole rings is 1. The molecular formula is C20H21FN4OS. The molecule has 0 bridgehead atoms. The number of amides is 1. The normalized spacial score (nSPS) is 10.6. The lowest BCUT2D eigenvalue weighted by Crippen LogP contribution is -2.29. The maximum absolute atomic E-state index is 13.8. The molecule has 2 N–H and O–H groups in total. The van der Waals surface area contributed by atoms with Crippen LogP contribution >= 0.6 is 12.2 Å². The van der Waals surface area contributed by atoms with Gasteiger partial charge in [-0.05, 0) is 42.9 Å². The zero-order valence-electron chi connectivity index (χ0n) is 15.0. The van der Waals surface area contributed by atoms with Crippen LogP contribution in [-0.4, -0.2) is 35.6 Å². The summed E-state index contributed by atoms with van der Waals surface area (Å²) < 4.78 is 15.9. The van der Waals surface area contributed by atoms with Crippen LogP contribution in [0.5, 0.6) is 0 Å². The Labute approximate surface area is 162 Å². The van der Waals surface area contributed by atoms with Gasteiger partial charge in [0.1, 0.15) is 11.5 Å². The summed E-state index contributed by atoms with van der Waals surface area (Å²) in [6, 6.07) is 16.1. The topological polar surface area (TPSA) is 53.1 Å². The predicted octanol–water partition coefficient (Wildman–Crippen LogP) is 3.93. The molecular weight excluding hydrogens is 363 g/mol. The van der Waals surface area contributed by atoms with Gasteiger partial charge in [0.15, 0.2) is 4.77 Å². The van der Waals surface area contributed by atoms with E-state index in [0.717, 1.165) is 5.69 Å². The molecule has 1 aromatic heterocycles. The van der Waals surface area contributed by atoms with E-state index in [1.807, 2.05) is 42.3 Å². The van der Waals surface area contributed by atoms with E-state index in [9.17, 15) is 9.18 Å². The van der Waals surface area contributed by atoms with E-state index in [4.69, 9.17) is 12.2 Å². The van der Waals surface area contributed by atoms with E-state index in [1.165, 1.54) is 6.07 Å². The Kier molecular flexibility index (Phi) is 6.03. The van der Waals surface area contributed by atoms with Crippen molar-refractivity contribution in [3.05, 3.63) is 77.1 Å². The number of aromatic nitrogens is 2. The Hall–Kier alpha value is -2.93. The average molecular weight is 384 g/mol. The van der Waals surface area contributed by atoms with Crippen molar-refractivity contribution < 1.29 is 9.18 Å². The van der Waals surface area contributed by atoms with Crippen molar-refractivity contribution in [3.63, 3.8) is 0 Å². The van der Waals surface area contributed by atoms with Gasteiger partial charge in [0, 0.05) is 32.0 Å².